The zero-order valence-electron chi connectivity index (χ0n) is 12.8. The third-order valence-electron chi connectivity index (χ3n) is 3.79. The van der Waals surface area contributed by atoms with Crippen molar-refractivity contribution in [1.82, 2.24) is 9.88 Å². The van der Waals surface area contributed by atoms with Crippen LogP contribution in [-0.4, -0.2) is 55.7 Å². The molecule has 1 fully saturated rings. The summed E-state index contributed by atoms with van der Waals surface area (Å²) < 4.78 is 6.70. The Morgan fingerprint density at radius 1 is 1.50 bits per heavy atom. The Hall–Kier alpha value is -1.37. The predicted octanol–water partition coefficient (Wildman–Crippen LogP) is 2.55. The van der Waals surface area contributed by atoms with E-state index in [0.717, 1.165) is 32.5 Å². The molecule has 1 unspecified atom stereocenters. The number of carbonyl (C=O) groups excluding carboxylic acids is 1. The molecule has 1 amide bonds. The Bertz CT molecular complexity index is 716. The average Bonchev–Trinajstić information content (AvgIpc) is 2.95. The molecule has 0 spiro atoms. The third kappa shape index (κ3) is 2.78. The van der Waals surface area contributed by atoms with E-state index in [1.807, 2.05) is 19.1 Å². The van der Waals surface area contributed by atoms with E-state index in [2.05, 4.69) is 4.90 Å². The summed E-state index contributed by atoms with van der Waals surface area (Å²) in [7, 11) is 3.49. The van der Waals surface area contributed by atoms with E-state index in [1.54, 1.807) is 30.3 Å². The van der Waals surface area contributed by atoms with Gasteiger partial charge in [0.25, 0.3) is 5.91 Å². The van der Waals surface area contributed by atoms with Crippen molar-refractivity contribution < 1.29 is 9.53 Å². The SMILES string of the molecule is Cc1c(Cl)ccc2sc(N3CCOC(C(=O)N(C)C)C3)nc12. The first-order chi connectivity index (χ1) is 10.5. The molecular weight excluding hydrogens is 322 g/mol. The van der Waals surface area contributed by atoms with Crippen LogP contribution < -0.4 is 4.90 Å². The summed E-state index contributed by atoms with van der Waals surface area (Å²) in [5, 5.41) is 1.65. The molecule has 0 bridgehead atoms. The van der Waals surface area contributed by atoms with Crippen LogP contribution in [0.4, 0.5) is 5.13 Å². The number of rotatable bonds is 2. The van der Waals surface area contributed by atoms with Crippen LogP contribution in [-0.2, 0) is 9.53 Å². The highest BCUT2D eigenvalue weighted by Gasteiger charge is 2.29. The molecule has 3 rings (SSSR count). The van der Waals surface area contributed by atoms with Crippen molar-refractivity contribution in [3.05, 3.63) is 22.7 Å². The lowest BCUT2D eigenvalue weighted by molar-refractivity contribution is -0.141. The number of aryl methyl sites for hydroxylation is 1. The molecule has 1 aromatic heterocycles. The highest BCUT2D eigenvalue weighted by molar-refractivity contribution is 7.22. The Labute approximate surface area is 138 Å². The van der Waals surface area contributed by atoms with Gasteiger partial charge in [0.05, 0.1) is 23.4 Å². The number of hydrogen-bond donors (Lipinski definition) is 0. The van der Waals surface area contributed by atoms with Gasteiger partial charge in [-0.3, -0.25) is 4.79 Å². The van der Waals surface area contributed by atoms with Crippen LogP contribution in [0.25, 0.3) is 10.2 Å². The molecule has 0 radical (unpaired) electrons. The summed E-state index contributed by atoms with van der Waals surface area (Å²) in [6.45, 7) is 3.78. The summed E-state index contributed by atoms with van der Waals surface area (Å²) in [5.74, 6) is -0.00923. The highest BCUT2D eigenvalue weighted by Crippen LogP contribution is 2.34. The fourth-order valence-corrected chi connectivity index (χ4v) is 3.70. The summed E-state index contributed by atoms with van der Waals surface area (Å²) in [5.41, 5.74) is 1.94. The number of benzene rings is 1. The normalized spacial score (nSPS) is 18.7. The van der Waals surface area contributed by atoms with Crippen LogP contribution in [0, 0.1) is 6.92 Å². The van der Waals surface area contributed by atoms with Crippen LogP contribution in [0.3, 0.4) is 0 Å². The Morgan fingerprint density at radius 2 is 2.27 bits per heavy atom. The second kappa shape index (κ2) is 6.02. The first-order valence-corrected chi connectivity index (χ1v) is 8.30. The number of thiazole rings is 1. The molecule has 1 aromatic carbocycles. The number of carbonyl (C=O) groups is 1. The molecular formula is C15H18ClN3O2S. The number of anilines is 1. The fourth-order valence-electron chi connectivity index (χ4n) is 2.48. The number of halogens is 1. The Balaban J connectivity index is 1.87. The van der Waals surface area contributed by atoms with E-state index in [-0.39, 0.29) is 5.91 Å². The van der Waals surface area contributed by atoms with Gasteiger partial charge in [-0.05, 0) is 24.6 Å². The van der Waals surface area contributed by atoms with E-state index >= 15 is 0 Å². The predicted molar refractivity (Wildman–Crippen MR) is 90.0 cm³/mol. The van der Waals surface area contributed by atoms with Crippen molar-refractivity contribution in [2.45, 2.75) is 13.0 Å². The molecule has 2 heterocycles. The second-order valence-corrected chi connectivity index (χ2v) is 6.97. The van der Waals surface area contributed by atoms with E-state index in [1.165, 1.54) is 0 Å². The molecule has 22 heavy (non-hydrogen) atoms. The van der Waals surface area contributed by atoms with Gasteiger partial charge in [-0.15, -0.1) is 0 Å². The van der Waals surface area contributed by atoms with Crippen molar-refractivity contribution in [3.8, 4) is 0 Å². The number of morpholine rings is 1. The summed E-state index contributed by atoms with van der Waals surface area (Å²) in [6.07, 6.45) is -0.430. The smallest absolute Gasteiger partial charge is 0.253 e. The number of likely N-dealkylation sites (N-methyl/N-ethyl adjacent to an activating group) is 1. The quantitative estimate of drug-likeness (QED) is 0.843. The minimum Gasteiger partial charge on any atom is -0.365 e. The van der Waals surface area contributed by atoms with Gasteiger partial charge in [0.15, 0.2) is 11.2 Å². The first kappa shape index (κ1) is 15.5. The molecule has 5 nitrogen and oxygen atoms in total. The van der Waals surface area contributed by atoms with E-state index in [4.69, 9.17) is 21.3 Å². The Kier molecular flexibility index (Phi) is 4.25. The molecule has 0 aliphatic carbocycles. The van der Waals surface area contributed by atoms with Crippen LogP contribution in [0.2, 0.25) is 5.02 Å². The van der Waals surface area contributed by atoms with Crippen molar-refractivity contribution >= 4 is 44.2 Å². The molecule has 1 aliphatic rings. The molecule has 118 valence electrons. The average molecular weight is 340 g/mol. The van der Waals surface area contributed by atoms with Gasteiger partial charge in [-0.2, -0.15) is 0 Å². The van der Waals surface area contributed by atoms with Crippen LogP contribution in [0.1, 0.15) is 5.56 Å². The maximum Gasteiger partial charge on any atom is 0.253 e. The van der Waals surface area contributed by atoms with Gasteiger partial charge in [0.2, 0.25) is 0 Å². The first-order valence-electron chi connectivity index (χ1n) is 7.10. The number of aromatic nitrogens is 1. The van der Waals surface area contributed by atoms with Gasteiger partial charge >= 0.3 is 0 Å². The summed E-state index contributed by atoms with van der Waals surface area (Å²) in [6, 6.07) is 3.90. The summed E-state index contributed by atoms with van der Waals surface area (Å²) >= 11 is 7.79. The topological polar surface area (TPSA) is 45.7 Å². The maximum absolute atomic E-state index is 12.1. The zero-order valence-corrected chi connectivity index (χ0v) is 14.4. The lowest BCUT2D eigenvalue weighted by atomic mass is 10.2. The molecule has 0 N–H and O–H groups in total. The van der Waals surface area contributed by atoms with Crippen molar-refractivity contribution in [3.63, 3.8) is 0 Å². The van der Waals surface area contributed by atoms with E-state index < -0.39 is 6.10 Å². The summed E-state index contributed by atoms with van der Waals surface area (Å²) in [4.78, 5) is 20.5. The second-order valence-electron chi connectivity index (χ2n) is 5.55. The van der Waals surface area contributed by atoms with Crippen molar-refractivity contribution in [2.24, 2.45) is 0 Å². The lowest BCUT2D eigenvalue weighted by Gasteiger charge is -2.33. The van der Waals surface area contributed by atoms with Gasteiger partial charge in [-0.25, -0.2) is 4.98 Å². The lowest BCUT2D eigenvalue weighted by Crippen LogP contribution is -2.49. The largest absolute Gasteiger partial charge is 0.365 e. The Morgan fingerprint density at radius 3 is 3.00 bits per heavy atom. The number of ether oxygens (including phenoxy) is 1. The van der Waals surface area contributed by atoms with Crippen LogP contribution >= 0.6 is 22.9 Å². The van der Waals surface area contributed by atoms with Gasteiger partial charge in [0, 0.05) is 25.7 Å². The molecule has 1 saturated heterocycles. The van der Waals surface area contributed by atoms with Crippen molar-refractivity contribution in [2.75, 3.05) is 38.7 Å². The zero-order chi connectivity index (χ0) is 15.9. The molecule has 7 heteroatoms. The molecule has 1 atom stereocenters. The standard InChI is InChI=1S/C15H18ClN3O2S/c1-9-10(16)4-5-12-13(9)17-15(22-12)19-6-7-21-11(8-19)14(20)18(2)3/h4-5,11H,6-8H2,1-3H3. The molecule has 0 saturated carbocycles. The van der Waals surface area contributed by atoms with E-state index in [0.29, 0.717) is 13.2 Å². The fraction of sp³-hybridized carbons (Fsp3) is 0.467. The molecule has 2 aromatic rings. The van der Waals surface area contributed by atoms with Crippen LogP contribution in [0.5, 0.6) is 0 Å². The minimum absolute atomic E-state index is 0.00923. The molecule has 1 aliphatic heterocycles. The maximum atomic E-state index is 12.1. The third-order valence-corrected chi connectivity index (χ3v) is 5.28. The van der Waals surface area contributed by atoms with Crippen molar-refractivity contribution in [1.29, 1.82) is 0 Å². The number of nitrogens with zero attached hydrogens (tertiary/aromatic N) is 3. The van der Waals surface area contributed by atoms with Gasteiger partial charge in [0.1, 0.15) is 0 Å². The minimum atomic E-state index is -0.430. The van der Waals surface area contributed by atoms with Crippen LogP contribution in [0.15, 0.2) is 12.1 Å². The number of hydrogen-bond acceptors (Lipinski definition) is 5. The number of fused-ring (bicyclic) bond motifs is 1. The number of amides is 1. The highest BCUT2D eigenvalue weighted by atomic mass is 35.5. The van der Waals surface area contributed by atoms with E-state index in [9.17, 15) is 4.79 Å². The van der Waals surface area contributed by atoms with Gasteiger partial charge in [-0.1, -0.05) is 22.9 Å². The monoisotopic (exact) mass is 339 g/mol. The van der Waals surface area contributed by atoms with Gasteiger partial charge < -0.3 is 14.5 Å².